The van der Waals surface area contributed by atoms with Crippen molar-refractivity contribution in [3.05, 3.63) is 99.5 Å². The Morgan fingerprint density at radius 3 is 2.30 bits per heavy atom. The monoisotopic (exact) mass is 660 g/mol. The lowest BCUT2D eigenvalue weighted by atomic mass is 9.98. The number of ether oxygens (including phenoxy) is 1. The van der Waals surface area contributed by atoms with E-state index in [-0.39, 0.29) is 11.3 Å². The molecule has 0 unspecified atom stereocenters. The van der Waals surface area contributed by atoms with E-state index in [9.17, 15) is 13.2 Å². The molecule has 1 N–H and O–H groups in total. The number of aryl methyl sites for hydroxylation is 6. The van der Waals surface area contributed by atoms with Crippen LogP contribution < -0.4 is 9.46 Å². The number of rotatable bonds is 12. The van der Waals surface area contributed by atoms with Gasteiger partial charge in [0.05, 0.1) is 22.7 Å². The van der Waals surface area contributed by atoms with Crippen LogP contribution in [0.1, 0.15) is 53.5 Å². The van der Waals surface area contributed by atoms with Crippen molar-refractivity contribution in [1.82, 2.24) is 19.1 Å². The van der Waals surface area contributed by atoms with Gasteiger partial charge in [0.25, 0.3) is 10.0 Å². The highest BCUT2D eigenvalue weighted by molar-refractivity contribution is 7.90. The van der Waals surface area contributed by atoms with Crippen LogP contribution in [0.5, 0.6) is 5.75 Å². The zero-order chi connectivity index (χ0) is 33.2. The molecule has 0 radical (unpaired) electrons. The zero-order valence-corrected chi connectivity index (χ0v) is 28.8. The van der Waals surface area contributed by atoms with Gasteiger partial charge in [-0.25, -0.2) is 13.1 Å². The number of sulfonamides is 1. The maximum atomic E-state index is 13.0. The Morgan fingerprint density at radius 1 is 0.957 bits per heavy atom. The fourth-order valence-electron chi connectivity index (χ4n) is 6.30. The number of carbonyl (C=O) groups excluding carboxylic acids is 1. The first-order valence-electron chi connectivity index (χ1n) is 15.6. The minimum Gasteiger partial charge on any atom is -0.494 e. The van der Waals surface area contributed by atoms with Crippen molar-refractivity contribution in [2.45, 2.75) is 78.8 Å². The van der Waals surface area contributed by atoms with Gasteiger partial charge in [0.15, 0.2) is 0 Å². The maximum Gasteiger partial charge on any atom is 0.264 e. The Labute approximate surface area is 276 Å². The minimum atomic E-state index is -3.96. The Balaban J connectivity index is 1.46. The zero-order valence-electron chi connectivity index (χ0n) is 27.3. The molecule has 0 aliphatic heterocycles. The van der Waals surface area contributed by atoms with Gasteiger partial charge in [0.2, 0.25) is 5.91 Å². The molecular formula is C36H41ClN4O4S. The standard InChI is InChI=1S/C36H41ClN4O4S/c1-7-41-27(6)34(25(4)38-41)32-16-11-15-31-30(17-12-20-45-28-21-23(2)35(37)24(3)22-28)26(5)40(36(31)32)19-18-33(42)39-46(43,44)29-13-9-8-10-14-29/h8-11,13-16,21-22H,7,12,17-20H2,1-6H3,(H,39,42). The number of carbonyl (C=O) groups is 1. The Morgan fingerprint density at radius 2 is 1.65 bits per heavy atom. The summed E-state index contributed by atoms with van der Waals surface area (Å²) in [7, 11) is -3.96. The van der Waals surface area contributed by atoms with Crippen LogP contribution in [0.4, 0.5) is 0 Å². The first-order valence-corrected chi connectivity index (χ1v) is 17.4. The average molecular weight is 661 g/mol. The third kappa shape index (κ3) is 6.71. The van der Waals surface area contributed by atoms with Crippen molar-refractivity contribution >= 4 is 38.4 Å². The van der Waals surface area contributed by atoms with Gasteiger partial charge in [-0.3, -0.25) is 9.48 Å². The van der Waals surface area contributed by atoms with Crippen LogP contribution in [0.15, 0.2) is 65.6 Å². The molecule has 8 nitrogen and oxygen atoms in total. The number of nitrogens with zero attached hydrogens (tertiary/aromatic N) is 3. The summed E-state index contributed by atoms with van der Waals surface area (Å²) in [5.74, 6) is 0.244. The number of hydrogen-bond donors (Lipinski definition) is 1. The predicted octanol–water partition coefficient (Wildman–Crippen LogP) is 7.63. The first kappa shape index (κ1) is 33.3. The number of fused-ring (bicyclic) bond motifs is 1. The minimum absolute atomic E-state index is 0.00494. The number of hydrogen-bond acceptors (Lipinski definition) is 5. The number of aromatic nitrogens is 3. The van der Waals surface area contributed by atoms with E-state index in [1.54, 1.807) is 18.2 Å². The SMILES string of the molecule is CCn1nc(C)c(-c2cccc3c(CCCOc4cc(C)c(Cl)c(C)c4)c(C)n(CCC(=O)NS(=O)(=O)c4ccccc4)c23)c1C. The normalized spacial score (nSPS) is 11.7. The van der Waals surface area contributed by atoms with Crippen molar-refractivity contribution in [3.63, 3.8) is 0 Å². The summed E-state index contributed by atoms with van der Waals surface area (Å²) in [6.07, 6.45) is 1.55. The number of amides is 1. The molecule has 0 aliphatic carbocycles. The molecule has 46 heavy (non-hydrogen) atoms. The van der Waals surface area contributed by atoms with Crippen molar-refractivity contribution < 1.29 is 17.9 Å². The van der Waals surface area contributed by atoms with Gasteiger partial charge in [-0.15, -0.1) is 0 Å². The summed E-state index contributed by atoms with van der Waals surface area (Å²) in [5, 5.41) is 6.64. The van der Waals surface area contributed by atoms with Gasteiger partial charge in [0, 0.05) is 52.4 Å². The van der Waals surface area contributed by atoms with Gasteiger partial charge in [-0.1, -0.05) is 48.0 Å². The molecule has 0 fully saturated rings. The van der Waals surface area contributed by atoms with E-state index in [1.807, 2.05) is 37.6 Å². The quantitative estimate of drug-likeness (QED) is 0.139. The van der Waals surface area contributed by atoms with Crippen LogP contribution in [0.25, 0.3) is 22.0 Å². The Hall–Kier alpha value is -4.08. The molecule has 0 aliphatic rings. The van der Waals surface area contributed by atoms with Crippen LogP contribution in [-0.4, -0.2) is 35.3 Å². The van der Waals surface area contributed by atoms with Crippen molar-refractivity contribution in [1.29, 1.82) is 0 Å². The highest BCUT2D eigenvalue weighted by atomic mass is 35.5. The van der Waals surface area contributed by atoms with Gasteiger partial charge < -0.3 is 9.30 Å². The van der Waals surface area contributed by atoms with Crippen LogP contribution in [0.2, 0.25) is 5.02 Å². The fourth-order valence-corrected chi connectivity index (χ4v) is 7.44. The molecule has 5 rings (SSSR count). The van der Waals surface area contributed by atoms with E-state index < -0.39 is 15.9 Å². The van der Waals surface area contributed by atoms with Crippen molar-refractivity contribution in [2.75, 3.05) is 6.61 Å². The van der Waals surface area contributed by atoms with E-state index in [1.165, 1.54) is 17.7 Å². The third-order valence-corrected chi connectivity index (χ3v) is 10.5. The van der Waals surface area contributed by atoms with E-state index in [0.29, 0.717) is 13.2 Å². The molecule has 0 saturated carbocycles. The second kappa shape index (κ2) is 13.7. The highest BCUT2D eigenvalue weighted by Gasteiger charge is 2.23. The molecule has 10 heteroatoms. The number of para-hydroxylation sites is 1. The molecule has 2 heterocycles. The summed E-state index contributed by atoms with van der Waals surface area (Å²) in [6, 6.07) is 18.2. The van der Waals surface area contributed by atoms with E-state index >= 15 is 0 Å². The number of halogens is 1. The predicted molar refractivity (Wildman–Crippen MR) is 184 cm³/mol. The molecule has 242 valence electrons. The summed E-state index contributed by atoms with van der Waals surface area (Å²) >= 11 is 6.34. The van der Waals surface area contributed by atoms with Gasteiger partial charge in [-0.2, -0.15) is 5.10 Å². The largest absolute Gasteiger partial charge is 0.494 e. The average Bonchev–Trinajstić information content (AvgIpc) is 3.47. The molecule has 0 saturated heterocycles. The summed E-state index contributed by atoms with van der Waals surface area (Å²) in [4.78, 5) is 13.1. The highest BCUT2D eigenvalue weighted by Crippen LogP contribution is 2.38. The molecule has 5 aromatic rings. The van der Waals surface area contributed by atoms with Gasteiger partial charge in [-0.05, 0) is 95.3 Å². The second-order valence-electron chi connectivity index (χ2n) is 11.7. The molecule has 0 spiro atoms. The number of nitrogens with one attached hydrogen (secondary N) is 1. The van der Waals surface area contributed by atoms with Crippen LogP contribution >= 0.6 is 11.6 Å². The Kier molecular flexibility index (Phi) is 9.93. The maximum absolute atomic E-state index is 13.0. The molecule has 1 amide bonds. The van der Waals surface area contributed by atoms with E-state index in [2.05, 4.69) is 48.3 Å². The lowest BCUT2D eigenvalue weighted by Gasteiger charge is -2.13. The molecule has 0 atom stereocenters. The van der Waals surface area contributed by atoms with Crippen molar-refractivity contribution in [3.8, 4) is 16.9 Å². The second-order valence-corrected chi connectivity index (χ2v) is 13.8. The summed E-state index contributed by atoms with van der Waals surface area (Å²) in [5.41, 5.74) is 9.34. The third-order valence-electron chi connectivity index (χ3n) is 8.54. The topological polar surface area (TPSA) is 95.2 Å². The van der Waals surface area contributed by atoms with Crippen LogP contribution in [0.3, 0.4) is 0 Å². The first-order chi connectivity index (χ1) is 21.9. The van der Waals surface area contributed by atoms with Gasteiger partial charge >= 0.3 is 0 Å². The Bertz CT molecular complexity index is 1990. The molecular weight excluding hydrogens is 620 g/mol. The van der Waals surface area contributed by atoms with Crippen LogP contribution in [-0.2, 0) is 34.3 Å². The number of benzene rings is 3. The molecule has 0 bridgehead atoms. The molecule has 2 aromatic heterocycles. The summed E-state index contributed by atoms with van der Waals surface area (Å²) in [6.45, 7) is 13.8. The van der Waals surface area contributed by atoms with Crippen LogP contribution in [0, 0.1) is 34.6 Å². The van der Waals surface area contributed by atoms with Crippen molar-refractivity contribution in [2.24, 2.45) is 0 Å². The van der Waals surface area contributed by atoms with E-state index in [4.69, 9.17) is 21.4 Å². The summed E-state index contributed by atoms with van der Waals surface area (Å²) < 4.78 is 38.2. The van der Waals surface area contributed by atoms with E-state index in [0.717, 1.165) is 80.4 Å². The lowest BCUT2D eigenvalue weighted by Crippen LogP contribution is -2.31. The van der Waals surface area contributed by atoms with Gasteiger partial charge in [0.1, 0.15) is 5.75 Å². The molecule has 3 aromatic carbocycles. The fraction of sp³-hybridized carbons (Fsp3) is 0.333. The smallest absolute Gasteiger partial charge is 0.264 e. The lowest BCUT2D eigenvalue weighted by molar-refractivity contribution is -0.119.